The molecular formula is C17H31NO3. The summed E-state index contributed by atoms with van der Waals surface area (Å²) in [5.41, 5.74) is 0. The number of nitrogens with zero attached hydrogens (tertiary/aromatic N) is 1. The van der Waals surface area contributed by atoms with Gasteiger partial charge in [-0.2, -0.15) is 0 Å². The molecule has 0 saturated heterocycles. The number of rotatable bonds is 9. The summed E-state index contributed by atoms with van der Waals surface area (Å²) in [6.45, 7) is 6.23. The zero-order valence-electron chi connectivity index (χ0n) is 13.7. The number of hydrogen-bond acceptors (Lipinski definition) is 3. The Bertz CT molecular complexity index is 305. The fourth-order valence-corrected chi connectivity index (χ4v) is 2.90. The molecule has 0 aliphatic heterocycles. The second-order valence-electron chi connectivity index (χ2n) is 6.07. The molecule has 0 atom stereocenters. The third-order valence-electron chi connectivity index (χ3n) is 4.09. The van der Waals surface area contributed by atoms with E-state index in [-0.39, 0.29) is 24.7 Å². The lowest BCUT2D eigenvalue weighted by Crippen LogP contribution is -2.32. The zero-order chi connectivity index (χ0) is 15.5. The molecule has 0 unspecified atom stereocenters. The van der Waals surface area contributed by atoms with Crippen molar-refractivity contribution in [2.75, 3.05) is 19.7 Å². The first-order chi connectivity index (χ1) is 10.2. The van der Waals surface area contributed by atoms with Crippen molar-refractivity contribution in [2.24, 2.45) is 5.92 Å². The minimum atomic E-state index is -0.220. The average Bonchev–Trinajstić information content (AvgIpc) is 2.51. The van der Waals surface area contributed by atoms with Crippen molar-refractivity contribution in [3.05, 3.63) is 0 Å². The summed E-state index contributed by atoms with van der Waals surface area (Å²) in [5, 5.41) is 0. The first kappa shape index (κ1) is 18.0. The molecule has 0 bridgehead atoms. The Hall–Kier alpha value is -1.06. The lowest BCUT2D eigenvalue weighted by atomic mass is 9.90. The van der Waals surface area contributed by atoms with Crippen LogP contribution in [-0.4, -0.2) is 36.5 Å². The van der Waals surface area contributed by atoms with E-state index in [4.69, 9.17) is 4.74 Å². The van der Waals surface area contributed by atoms with Crippen LogP contribution in [0, 0.1) is 5.92 Å². The van der Waals surface area contributed by atoms with Gasteiger partial charge in [-0.05, 0) is 31.6 Å². The van der Waals surface area contributed by atoms with Gasteiger partial charge in [-0.1, -0.05) is 33.1 Å². The molecule has 21 heavy (non-hydrogen) atoms. The molecule has 0 heterocycles. The van der Waals surface area contributed by atoms with E-state index in [1.807, 2.05) is 4.90 Å². The summed E-state index contributed by atoms with van der Waals surface area (Å²) in [5.74, 6) is 0.394. The van der Waals surface area contributed by atoms with E-state index in [0.717, 1.165) is 25.9 Å². The Morgan fingerprint density at radius 3 is 2.19 bits per heavy atom. The van der Waals surface area contributed by atoms with Crippen LogP contribution < -0.4 is 0 Å². The van der Waals surface area contributed by atoms with Gasteiger partial charge in [0.1, 0.15) is 0 Å². The largest absolute Gasteiger partial charge is 0.465 e. The van der Waals surface area contributed by atoms with Gasteiger partial charge in [0.15, 0.2) is 0 Å². The summed E-state index contributed by atoms with van der Waals surface area (Å²) in [7, 11) is 0. The van der Waals surface area contributed by atoms with Crippen LogP contribution >= 0.6 is 0 Å². The van der Waals surface area contributed by atoms with Crippen LogP contribution in [0.15, 0.2) is 0 Å². The third kappa shape index (κ3) is 7.49. The highest BCUT2D eigenvalue weighted by molar-refractivity contribution is 5.81. The van der Waals surface area contributed by atoms with E-state index >= 15 is 0 Å². The summed E-state index contributed by atoms with van der Waals surface area (Å²) in [6.07, 6.45) is 8.58. The Labute approximate surface area is 129 Å². The van der Waals surface area contributed by atoms with Crippen LogP contribution in [0.4, 0.5) is 0 Å². The fourth-order valence-electron chi connectivity index (χ4n) is 2.90. The molecule has 1 aliphatic carbocycles. The monoisotopic (exact) mass is 297 g/mol. The van der Waals surface area contributed by atoms with E-state index < -0.39 is 0 Å². The summed E-state index contributed by atoms with van der Waals surface area (Å²) >= 11 is 0. The summed E-state index contributed by atoms with van der Waals surface area (Å²) in [6, 6.07) is 0. The zero-order valence-corrected chi connectivity index (χ0v) is 13.7. The molecule has 1 fully saturated rings. The SMILES string of the molecule is CCCN(CCC)C(=O)CCC(=O)OCC1CCCCC1. The van der Waals surface area contributed by atoms with E-state index in [0.29, 0.717) is 12.5 Å². The molecule has 4 heteroatoms. The normalized spacial score (nSPS) is 15.7. The highest BCUT2D eigenvalue weighted by Gasteiger charge is 2.17. The summed E-state index contributed by atoms with van der Waals surface area (Å²) in [4.78, 5) is 25.6. The van der Waals surface area contributed by atoms with E-state index in [2.05, 4.69) is 13.8 Å². The first-order valence-electron chi connectivity index (χ1n) is 8.60. The highest BCUT2D eigenvalue weighted by atomic mass is 16.5. The van der Waals surface area contributed by atoms with Crippen molar-refractivity contribution in [3.63, 3.8) is 0 Å². The van der Waals surface area contributed by atoms with Crippen molar-refractivity contribution in [3.8, 4) is 0 Å². The van der Waals surface area contributed by atoms with Gasteiger partial charge in [0.05, 0.1) is 13.0 Å². The minimum Gasteiger partial charge on any atom is -0.465 e. The lowest BCUT2D eigenvalue weighted by Gasteiger charge is -2.22. The average molecular weight is 297 g/mol. The molecule has 0 aromatic carbocycles. The van der Waals surface area contributed by atoms with Gasteiger partial charge in [-0.25, -0.2) is 0 Å². The van der Waals surface area contributed by atoms with Gasteiger partial charge in [0, 0.05) is 19.5 Å². The molecule has 0 spiro atoms. The van der Waals surface area contributed by atoms with Gasteiger partial charge >= 0.3 is 5.97 Å². The molecule has 0 aromatic heterocycles. The molecule has 0 radical (unpaired) electrons. The highest BCUT2D eigenvalue weighted by Crippen LogP contribution is 2.23. The number of carbonyl (C=O) groups excluding carboxylic acids is 2. The van der Waals surface area contributed by atoms with Gasteiger partial charge < -0.3 is 9.64 Å². The second kappa shape index (κ2) is 10.6. The molecule has 1 amide bonds. The number of ether oxygens (including phenoxy) is 1. The Balaban J connectivity index is 2.19. The van der Waals surface area contributed by atoms with Crippen LogP contribution in [-0.2, 0) is 14.3 Å². The predicted molar refractivity (Wildman–Crippen MR) is 83.9 cm³/mol. The van der Waals surface area contributed by atoms with Gasteiger partial charge in [0.25, 0.3) is 0 Å². The maximum absolute atomic E-state index is 12.1. The van der Waals surface area contributed by atoms with E-state index in [9.17, 15) is 9.59 Å². The van der Waals surface area contributed by atoms with Crippen LogP contribution in [0.25, 0.3) is 0 Å². The Kier molecular flexibility index (Phi) is 9.11. The van der Waals surface area contributed by atoms with Crippen molar-refractivity contribution in [1.29, 1.82) is 0 Å². The second-order valence-corrected chi connectivity index (χ2v) is 6.07. The fraction of sp³-hybridized carbons (Fsp3) is 0.882. The molecule has 4 nitrogen and oxygen atoms in total. The van der Waals surface area contributed by atoms with Crippen LogP contribution in [0.3, 0.4) is 0 Å². The lowest BCUT2D eigenvalue weighted by molar-refractivity contribution is -0.147. The number of carbonyl (C=O) groups is 2. The Morgan fingerprint density at radius 1 is 1.00 bits per heavy atom. The Morgan fingerprint density at radius 2 is 1.62 bits per heavy atom. The third-order valence-corrected chi connectivity index (χ3v) is 4.09. The quantitative estimate of drug-likeness (QED) is 0.612. The van der Waals surface area contributed by atoms with Crippen molar-refractivity contribution in [2.45, 2.75) is 71.6 Å². The van der Waals surface area contributed by atoms with Crippen molar-refractivity contribution < 1.29 is 14.3 Å². The topological polar surface area (TPSA) is 46.6 Å². The summed E-state index contributed by atoms with van der Waals surface area (Å²) < 4.78 is 5.32. The van der Waals surface area contributed by atoms with Gasteiger partial charge in [0.2, 0.25) is 5.91 Å². The van der Waals surface area contributed by atoms with Crippen molar-refractivity contribution >= 4 is 11.9 Å². The van der Waals surface area contributed by atoms with Gasteiger partial charge in [-0.15, -0.1) is 0 Å². The molecular weight excluding hydrogens is 266 g/mol. The van der Waals surface area contributed by atoms with E-state index in [1.165, 1.54) is 32.1 Å². The molecule has 0 aromatic rings. The number of hydrogen-bond donors (Lipinski definition) is 0. The maximum Gasteiger partial charge on any atom is 0.306 e. The maximum atomic E-state index is 12.1. The molecule has 122 valence electrons. The first-order valence-corrected chi connectivity index (χ1v) is 8.60. The number of esters is 1. The van der Waals surface area contributed by atoms with Gasteiger partial charge in [-0.3, -0.25) is 9.59 Å². The van der Waals surface area contributed by atoms with Crippen LogP contribution in [0.5, 0.6) is 0 Å². The smallest absolute Gasteiger partial charge is 0.306 e. The van der Waals surface area contributed by atoms with E-state index in [1.54, 1.807) is 0 Å². The molecule has 1 saturated carbocycles. The molecule has 1 rings (SSSR count). The van der Waals surface area contributed by atoms with Crippen molar-refractivity contribution in [1.82, 2.24) is 4.90 Å². The molecule has 0 N–H and O–H groups in total. The minimum absolute atomic E-state index is 0.0771. The standard InChI is InChI=1S/C17H31NO3/c1-3-12-18(13-4-2)16(19)10-11-17(20)21-14-15-8-6-5-7-9-15/h15H,3-14H2,1-2H3. The van der Waals surface area contributed by atoms with Crippen LogP contribution in [0.1, 0.15) is 71.6 Å². The predicted octanol–water partition coefficient (Wildman–Crippen LogP) is 3.54. The number of amides is 1. The molecule has 1 aliphatic rings. The van der Waals surface area contributed by atoms with Crippen LogP contribution in [0.2, 0.25) is 0 Å².